The summed E-state index contributed by atoms with van der Waals surface area (Å²) in [5.41, 5.74) is 0. The lowest BCUT2D eigenvalue weighted by atomic mass is 10.4. The third kappa shape index (κ3) is 9.53. The minimum Gasteiger partial charge on any atom is -0.380 e. The Bertz CT molecular complexity index is 184. The summed E-state index contributed by atoms with van der Waals surface area (Å²) in [7, 11) is 6.37. The maximum atomic E-state index is 5.62. The molecule has 1 fully saturated rings. The van der Waals surface area contributed by atoms with Gasteiger partial charge in [-0.25, -0.2) is 0 Å². The fourth-order valence-electron chi connectivity index (χ4n) is 1.56. The Morgan fingerprint density at radius 2 is 1.76 bits per heavy atom. The van der Waals surface area contributed by atoms with Crippen molar-refractivity contribution in [2.24, 2.45) is 5.92 Å². The summed E-state index contributed by atoms with van der Waals surface area (Å²) >= 11 is 0. The van der Waals surface area contributed by atoms with Crippen LogP contribution in [0.1, 0.15) is 12.8 Å². The number of nitrogens with one attached hydrogen (secondary N) is 1. The molecule has 0 aromatic heterocycles. The lowest BCUT2D eigenvalue weighted by molar-refractivity contribution is 0.104. The van der Waals surface area contributed by atoms with Gasteiger partial charge < -0.3 is 19.9 Å². The minimum atomic E-state index is 0.880. The van der Waals surface area contributed by atoms with Gasteiger partial charge in [0.05, 0.1) is 6.61 Å². The van der Waals surface area contributed by atoms with Crippen molar-refractivity contribution in [1.29, 1.82) is 0 Å². The normalized spacial score (nSPS) is 16.1. The Hall–Kier alpha value is -0.160. The molecular formula is C13H29N3O. The summed E-state index contributed by atoms with van der Waals surface area (Å²) in [4.78, 5) is 4.53. The molecule has 0 saturated heterocycles. The summed E-state index contributed by atoms with van der Waals surface area (Å²) in [5.74, 6) is 0.882. The van der Waals surface area contributed by atoms with Gasteiger partial charge in [0.15, 0.2) is 0 Å². The van der Waals surface area contributed by atoms with Crippen molar-refractivity contribution >= 4 is 0 Å². The third-order valence-corrected chi connectivity index (χ3v) is 3.07. The van der Waals surface area contributed by atoms with Crippen molar-refractivity contribution in [2.45, 2.75) is 12.8 Å². The van der Waals surface area contributed by atoms with E-state index in [1.165, 1.54) is 12.8 Å². The molecule has 0 unspecified atom stereocenters. The number of rotatable bonds is 11. The van der Waals surface area contributed by atoms with Crippen LogP contribution in [0, 0.1) is 5.92 Å². The molecule has 0 atom stereocenters. The lowest BCUT2D eigenvalue weighted by Crippen LogP contribution is -2.34. The van der Waals surface area contributed by atoms with Crippen molar-refractivity contribution in [1.82, 2.24) is 15.1 Å². The summed E-state index contributed by atoms with van der Waals surface area (Å²) in [6.07, 6.45) is 2.76. The zero-order valence-corrected chi connectivity index (χ0v) is 11.7. The largest absolute Gasteiger partial charge is 0.380 e. The lowest BCUT2D eigenvalue weighted by Gasteiger charge is -2.17. The number of hydrogen-bond acceptors (Lipinski definition) is 4. The maximum Gasteiger partial charge on any atom is 0.0593 e. The van der Waals surface area contributed by atoms with E-state index >= 15 is 0 Å². The molecule has 4 heteroatoms. The van der Waals surface area contributed by atoms with E-state index in [4.69, 9.17) is 4.74 Å². The van der Waals surface area contributed by atoms with Gasteiger partial charge in [-0.2, -0.15) is 0 Å². The molecule has 0 aliphatic heterocycles. The highest BCUT2D eigenvalue weighted by molar-refractivity contribution is 4.72. The third-order valence-electron chi connectivity index (χ3n) is 3.07. The maximum absolute atomic E-state index is 5.62. The van der Waals surface area contributed by atoms with Crippen LogP contribution in [0.3, 0.4) is 0 Å². The molecule has 1 saturated carbocycles. The Labute approximate surface area is 106 Å². The van der Waals surface area contributed by atoms with E-state index in [1.54, 1.807) is 0 Å². The number of likely N-dealkylation sites (N-methyl/N-ethyl adjacent to an activating group) is 2. The van der Waals surface area contributed by atoms with E-state index < -0.39 is 0 Å². The van der Waals surface area contributed by atoms with Gasteiger partial charge in [-0.05, 0) is 39.9 Å². The Morgan fingerprint density at radius 1 is 1.06 bits per heavy atom. The molecule has 102 valence electrons. The SMILES string of the molecule is CN(C)CCNCCN(C)CCOCC1CC1. The highest BCUT2D eigenvalue weighted by atomic mass is 16.5. The average Bonchev–Trinajstić information content (AvgIpc) is 3.07. The first-order valence-electron chi connectivity index (χ1n) is 6.80. The predicted octanol–water partition coefficient (Wildman–Crippen LogP) is 0.496. The standard InChI is InChI=1S/C13H29N3O/c1-15(2)8-6-14-7-9-16(3)10-11-17-12-13-4-5-13/h13-14H,4-12H2,1-3H3. The highest BCUT2D eigenvalue weighted by Gasteiger charge is 2.20. The molecule has 1 aliphatic rings. The van der Waals surface area contributed by atoms with Crippen LogP contribution in [0.4, 0.5) is 0 Å². The minimum absolute atomic E-state index is 0.880. The van der Waals surface area contributed by atoms with E-state index in [9.17, 15) is 0 Å². The summed E-state index contributed by atoms with van der Waals surface area (Å²) in [5, 5.41) is 3.44. The van der Waals surface area contributed by atoms with Gasteiger partial charge >= 0.3 is 0 Å². The van der Waals surface area contributed by atoms with Gasteiger partial charge in [-0.3, -0.25) is 0 Å². The van der Waals surface area contributed by atoms with Crippen LogP contribution in [-0.4, -0.2) is 76.9 Å². The molecule has 1 rings (SSSR count). The molecule has 0 bridgehead atoms. The number of nitrogens with zero attached hydrogens (tertiary/aromatic N) is 2. The van der Waals surface area contributed by atoms with Crippen molar-refractivity contribution in [2.75, 3.05) is 67.1 Å². The van der Waals surface area contributed by atoms with Gasteiger partial charge in [-0.1, -0.05) is 0 Å². The number of ether oxygens (including phenoxy) is 1. The average molecular weight is 243 g/mol. The van der Waals surface area contributed by atoms with Crippen LogP contribution in [0.5, 0.6) is 0 Å². The van der Waals surface area contributed by atoms with E-state index in [0.29, 0.717) is 0 Å². The second-order valence-electron chi connectivity index (χ2n) is 5.37. The Morgan fingerprint density at radius 3 is 2.41 bits per heavy atom. The molecule has 17 heavy (non-hydrogen) atoms. The van der Waals surface area contributed by atoms with Crippen LogP contribution < -0.4 is 5.32 Å². The predicted molar refractivity (Wildman–Crippen MR) is 72.5 cm³/mol. The highest BCUT2D eigenvalue weighted by Crippen LogP contribution is 2.28. The molecular weight excluding hydrogens is 214 g/mol. The molecule has 0 radical (unpaired) electrons. The summed E-state index contributed by atoms with van der Waals surface area (Å²) in [6, 6.07) is 0. The second kappa shape index (κ2) is 8.86. The fraction of sp³-hybridized carbons (Fsp3) is 1.00. The first kappa shape index (κ1) is 14.9. The van der Waals surface area contributed by atoms with Crippen LogP contribution in [-0.2, 0) is 4.74 Å². The van der Waals surface area contributed by atoms with E-state index in [1.807, 2.05) is 0 Å². The van der Waals surface area contributed by atoms with Crippen molar-refractivity contribution in [3.05, 3.63) is 0 Å². The van der Waals surface area contributed by atoms with E-state index in [0.717, 1.165) is 51.9 Å². The van der Waals surface area contributed by atoms with Crippen molar-refractivity contribution in [3.63, 3.8) is 0 Å². The van der Waals surface area contributed by atoms with E-state index in [-0.39, 0.29) is 0 Å². The fourth-order valence-corrected chi connectivity index (χ4v) is 1.56. The molecule has 0 spiro atoms. The molecule has 0 aromatic rings. The van der Waals surface area contributed by atoms with E-state index in [2.05, 4.69) is 36.3 Å². The summed E-state index contributed by atoms with van der Waals surface area (Å²) in [6.45, 7) is 7.24. The van der Waals surface area contributed by atoms with Gasteiger partial charge in [0.25, 0.3) is 0 Å². The second-order valence-corrected chi connectivity index (χ2v) is 5.37. The first-order chi connectivity index (χ1) is 8.18. The van der Waals surface area contributed by atoms with Crippen molar-refractivity contribution < 1.29 is 4.74 Å². The van der Waals surface area contributed by atoms with Gasteiger partial charge in [0.1, 0.15) is 0 Å². The Balaban J connectivity index is 1.78. The molecule has 4 nitrogen and oxygen atoms in total. The Kier molecular flexibility index (Phi) is 7.77. The van der Waals surface area contributed by atoms with Gasteiger partial charge in [0, 0.05) is 39.3 Å². The van der Waals surface area contributed by atoms with Crippen LogP contribution >= 0.6 is 0 Å². The molecule has 1 N–H and O–H groups in total. The van der Waals surface area contributed by atoms with Gasteiger partial charge in [-0.15, -0.1) is 0 Å². The number of hydrogen-bond donors (Lipinski definition) is 1. The molecule has 0 amide bonds. The van der Waals surface area contributed by atoms with Gasteiger partial charge in [0.2, 0.25) is 0 Å². The van der Waals surface area contributed by atoms with Crippen molar-refractivity contribution in [3.8, 4) is 0 Å². The van der Waals surface area contributed by atoms with Crippen LogP contribution in [0.2, 0.25) is 0 Å². The zero-order chi connectivity index (χ0) is 12.5. The first-order valence-corrected chi connectivity index (χ1v) is 6.80. The van der Waals surface area contributed by atoms with Crippen LogP contribution in [0.15, 0.2) is 0 Å². The molecule has 0 heterocycles. The smallest absolute Gasteiger partial charge is 0.0593 e. The zero-order valence-electron chi connectivity index (χ0n) is 11.7. The summed E-state index contributed by atoms with van der Waals surface area (Å²) < 4.78 is 5.62. The molecule has 1 aliphatic carbocycles. The topological polar surface area (TPSA) is 27.7 Å². The molecule has 0 aromatic carbocycles. The monoisotopic (exact) mass is 243 g/mol. The van der Waals surface area contributed by atoms with Crippen LogP contribution in [0.25, 0.3) is 0 Å². The quantitative estimate of drug-likeness (QED) is 0.535.